The van der Waals surface area contributed by atoms with Crippen molar-refractivity contribution in [2.75, 3.05) is 22.0 Å². The Labute approximate surface area is 174 Å². The van der Waals surface area contributed by atoms with E-state index in [0.717, 1.165) is 4.31 Å². The van der Waals surface area contributed by atoms with Crippen LogP contribution in [-0.2, 0) is 10.0 Å². The van der Waals surface area contributed by atoms with E-state index in [2.05, 4.69) is 10.6 Å². The molecule has 3 rings (SSSR count). The van der Waals surface area contributed by atoms with Crippen LogP contribution in [0.15, 0.2) is 83.8 Å². The molecule has 0 spiro atoms. The minimum atomic E-state index is -3.84. The third-order valence-electron chi connectivity index (χ3n) is 4.28. The van der Waals surface area contributed by atoms with Gasteiger partial charge in [0.05, 0.1) is 10.6 Å². The zero-order valence-electron chi connectivity index (χ0n) is 16.1. The third-order valence-corrected chi connectivity index (χ3v) is 6.07. The summed E-state index contributed by atoms with van der Waals surface area (Å²) in [5.41, 5.74) is 6.72. The molecule has 0 atom stereocenters. The maximum Gasteiger partial charge on any atom is 0.316 e. The van der Waals surface area contributed by atoms with Crippen LogP contribution in [0.4, 0.5) is 21.9 Å². The summed E-state index contributed by atoms with van der Waals surface area (Å²) in [6, 6.07) is 20.1. The van der Waals surface area contributed by atoms with Crippen LogP contribution >= 0.6 is 0 Å². The van der Waals surface area contributed by atoms with Gasteiger partial charge in [0, 0.05) is 24.0 Å². The zero-order valence-corrected chi connectivity index (χ0v) is 16.9. The number of sulfonamides is 1. The van der Waals surface area contributed by atoms with Crippen LogP contribution in [0.5, 0.6) is 0 Å². The standard InChI is InChI=1S/C21H20N4O4S/c1-25(18-7-3-2-4-8-18)30(28,29)19-9-5-6-15(14-19)20(26)23-16-10-12-17(13-11-16)24-21(22)27/h2-14H,1H3,(H,23,26)(H3,22,24,27). The molecular weight excluding hydrogens is 404 g/mol. The number of benzene rings is 3. The van der Waals surface area contributed by atoms with E-state index in [-0.39, 0.29) is 10.5 Å². The molecule has 0 heterocycles. The van der Waals surface area contributed by atoms with Gasteiger partial charge in [0.2, 0.25) is 0 Å². The summed E-state index contributed by atoms with van der Waals surface area (Å²) >= 11 is 0. The van der Waals surface area contributed by atoms with Gasteiger partial charge in [0.1, 0.15) is 0 Å². The maximum atomic E-state index is 12.9. The van der Waals surface area contributed by atoms with E-state index in [0.29, 0.717) is 17.1 Å². The first-order valence-corrected chi connectivity index (χ1v) is 10.3. The summed E-state index contributed by atoms with van der Waals surface area (Å²) in [5.74, 6) is -0.468. The summed E-state index contributed by atoms with van der Waals surface area (Å²) in [7, 11) is -2.38. The second-order valence-corrected chi connectivity index (χ2v) is 8.33. The first kappa shape index (κ1) is 20.9. The summed E-state index contributed by atoms with van der Waals surface area (Å²) < 4.78 is 27.0. The predicted molar refractivity (Wildman–Crippen MR) is 116 cm³/mol. The van der Waals surface area contributed by atoms with E-state index in [9.17, 15) is 18.0 Å². The molecule has 0 fully saturated rings. The Hall–Kier alpha value is -3.85. The summed E-state index contributed by atoms with van der Waals surface area (Å²) in [5, 5.41) is 5.11. The van der Waals surface area contributed by atoms with Crippen LogP contribution in [0.1, 0.15) is 10.4 Å². The number of nitrogens with two attached hydrogens (primary N) is 1. The van der Waals surface area contributed by atoms with E-state index in [1.54, 1.807) is 54.6 Å². The van der Waals surface area contributed by atoms with Crippen molar-refractivity contribution in [1.29, 1.82) is 0 Å². The molecule has 154 valence electrons. The molecule has 0 unspecified atom stereocenters. The van der Waals surface area contributed by atoms with Crippen LogP contribution in [0.3, 0.4) is 0 Å². The van der Waals surface area contributed by atoms with Gasteiger partial charge in [-0.2, -0.15) is 0 Å². The molecular formula is C21H20N4O4S. The Morgan fingerprint density at radius 3 is 2.03 bits per heavy atom. The van der Waals surface area contributed by atoms with Gasteiger partial charge in [-0.25, -0.2) is 13.2 Å². The van der Waals surface area contributed by atoms with E-state index >= 15 is 0 Å². The fraction of sp³-hybridized carbons (Fsp3) is 0.0476. The molecule has 0 saturated heterocycles. The molecule has 0 radical (unpaired) electrons. The van der Waals surface area contributed by atoms with Crippen LogP contribution < -0.4 is 20.7 Å². The van der Waals surface area contributed by atoms with Gasteiger partial charge in [0.15, 0.2) is 0 Å². The van der Waals surface area contributed by atoms with Crippen LogP contribution in [0.2, 0.25) is 0 Å². The smallest absolute Gasteiger partial charge is 0.316 e. The molecule has 0 saturated carbocycles. The van der Waals surface area contributed by atoms with Crippen molar-refractivity contribution in [2.45, 2.75) is 4.90 Å². The number of nitrogens with one attached hydrogen (secondary N) is 2. The van der Waals surface area contributed by atoms with Crippen molar-refractivity contribution in [2.24, 2.45) is 5.73 Å². The maximum absolute atomic E-state index is 12.9. The number of nitrogens with zero attached hydrogens (tertiary/aromatic N) is 1. The van der Waals surface area contributed by atoms with E-state index in [1.807, 2.05) is 0 Å². The molecule has 3 amide bonds. The minimum absolute atomic E-state index is 0.00232. The second-order valence-electron chi connectivity index (χ2n) is 6.36. The Balaban J connectivity index is 1.79. The molecule has 0 aliphatic rings. The Bertz CT molecular complexity index is 1160. The number of hydrogen-bond donors (Lipinski definition) is 3. The fourth-order valence-electron chi connectivity index (χ4n) is 2.72. The van der Waals surface area contributed by atoms with Gasteiger partial charge in [-0.15, -0.1) is 0 Å². The van der Waals surface area contributed by atoms with Crippen molar-refractivity contribution >= 4 is 39.0 Å². The summed E-state index contributed by atoms with van der Waals surface area (Å²) in [6.45, 7) is 0. The highest BCUT2D eigenvalue weighted by Gasteiger charge is 2.22. The average Bonchev–Trinajstić information content (AvgIpc) is 2.75. The van der Waals surface area contributed by atoms with Crippen molar-refractivity contribution < 1.29 is 18.0 Å². The summed E-state index contributed by atoms with van der Waals surface area (Å²) in [6.07, 6.45) is 0. The van der Waals surface area contributed by atoms with Crippen molar-refractivity contribution in [3.63, 3.8) is 0 Å². The van der Waals surface area contributed by atoms with Gasteiger partial charge in [-0.3, -0.25) is 9.10 Å². The lowest BCUT2D eigenvalue weighted by molar-refractivity contribution is 0.102. The number of primary amides is 1. The van der Waals surface area contributed by atoms with Crippen molar-refractivity contribution in [3.8, 4) is 0 Å². The van der Waals surface area contributed by atoms with Gasteiger partial charge in [-0.05, 0) is 54.6 Å². The lowest BCUT2D eigenvalue weighted by atomic mass is 10.2. The first-order chi connectivity index (χ1) is 14.3. The number of hydrogen-bond acceptors (Lipinski definition) is 4. The lowest BCUT2D eigenvalue weighted by Crippen LogP contribution is -2.26. The van der Waals surface area contributed by atoms with E-state index in [4.69, 9.17) is 5.73 Å². The van der Waals surface area contributed by atoms with E-state index in [1.165, 1.54) is 31.3 Å². The SMILES string of the molecule is CN(c1ccccc1)S(=O)(=O)c1cccc(C(=O)Nc2ccc(NC(N)=O)cc2)c1. The largest absolute Gasteiger partial charge is 0.351 e. The van der Waals surface area contributed by atoms with Gasteiger partial charge in [0.25, 0.3) is 15.9 Å². The number of para-hydroxylation sites is 1. The van der Waals surface area contributed by atoms with Crippen LogP contribution in [0, 0.1) is 0 Å². The Kier molecular flexibility index (Phi) is 6.03. The van der Waals surface area contributed by atoms with Crippen LogP contribution in [0.25, 0.3) is 0 Å². The molecule has 3 aromatic carbocycles. The monoisotopic (exact) mass is 424 g/mol. The van der Waals surface area contributed by atoms with Gasteiger partial charge >= 0.3 is 6.03 Å². The number of carbonyl (C=O) groups is 2. The van der Waals surface area contributed by atoms with Crippen molar-refractivity contribution in [3.05, 3.63) is 84.4 Å². The Morgan fingerprint density at radius 2 is 1.43 bits per heavy atom. The number of rotatable bonds is 6. The molecule has 8 nitrogen and oxygen atoms in total. The first-order valence-electron chi connectivity index (χ1n) is 8.89. The molecule has 0 aromatic heterocycles. The third kappa shape index (κ3) is 4.76. The van der Waals surface area contributed by atoms with Gasteiger partial charge < -0.3 is 16.4 Å². The van der Waals surface area contributed by atoms with E-state index < -0.39 is 22.0 Å². The Morgan fingerprint density at radius 1 is 0.833 bits per heavy atom. The predicted octanol–water partition coefficient (Wildman–Crippen LogP) is 3.25. The molecule has 30 heavy (non-hydrogen) atoms. The van der Waals surface area contributed by atoms with Crippen molar-refractivity contribution in [1.82, 2.24) is 0 Å². The topological polar surface area (TPSA) is 122 Å². The van der Waals surface area contributed by atoms with Gasteiger partial charge in [-0.1, -0.05) is 24.3 Å². The molecule has 0 aliphatic heterocycles. The quantitative estimate of drug-likeness (QED) is 0.562. The highest BCUT2D eigenvalue weighted by Crippen LogP contribution is 2.23. The average molecular weight is 424 g/mol. The lowest BCUT2D eigenvalue weighted by Gasteiger charge is -2.19. The number of urea groups is 1. The number of amides is 3. The summed E-state index contributed by atoms with van der Waals surface area (Å²) in [4.78, 5) is 23.4. The highest BCUT2D eigenvalue weighted by molar-refractivity contribution is 7.92. The normalized spacial score (nSPS) is 10.8. The highest BCUT2D eigenvalue weighted by atomic mass is 32.2. The molecule has 0 bridgehead atoms. The molecule has 4 N–H and O–H groups in total. The second kappa shape index (κ2) is 8.66. The zero-order chi connectivity index (χ0) is 21.7. The molecule has 3 aromatic rings. The molecule has 0 aliphatic carbocycles. The number of anilines is 3. The minimum Gasteiger partial charge on any atom is -0.351 e. The fourth-order valence-corrected chi connectivity index (χ4v) is 3.96. The van der Waals surface area contributed by atoms with Crippen LogP contribution in [-0.4, -0.2) is 27.4 Å². The molecule has 9 heteroatoms. The number of carbonyl (C=O) groups excluding carboxylic acids is 2.